The number of primary amides is 1. The van der Waals surface area contributed by atoms with Crippen LogP contribution >= 0.6 is 11.3 Å². The minimum absolute atomic E-state index is 0.0634. The molecule has 0 radical (unpaired) electrons. The Morgan fingerprint density at radius 1 is 1.18 bits per heavy atom. The SMILES string of the molecule is NC(=O)c1sc2ccccc2c1[C@@H]1CCN(C(=O)COc2ccc(F)cc2)C1. The minimum Gasteiger partial charge on any atom is -0.484 e. The fourth-order valence-electron chi connectivity index (χ4n) is 3.64. The maximum atomic E-state index is 12.9. The molecule has 2 aromatic carbocycles. The van der Waals surface area contributed by atoms with Gasteiger partial charge in [-0.2, -0.15) is 0 Å². The standard InChI is InChI=1S/C21H19FN2O3S/c22-14-5-7-15(8-6-14)27-12-18(25)24-10-9-13(11-24)19-16-3-1-2-4-17(16)28-20(19)21(23)26/h1-8,13H,9-12H2,(H2,23,26)/t13-/m1/s1. The summed E-state index contributed by atoms with van der Waals surface area (Å²) in [5.41, 5.74) is 6.55. The molecule has 28 heavy (non-hydrogen) atoms. The van der Waals surface area contributed by atoms with E-state index in [0.717, 1.165) is 22.1 Å². The first kappa shape index (κ1) is 18.4. The van der Waals surface area contributed by atoms with Crippen molar-refractivity contribution in [1.82, 2.24) is 4.90 Å². The Labute approximate surface area is 165 Å². The second-order valence-electron chi connectivity index (χ2n) is 6.77. The van der Waals surface area contributed by atoms with Gasteiger partial charge in [0.15, 0.2) is 6.61 Å². The molecule has 0 unspecified atom stereocenters. The molecule has 2 heterocycles. The highest BCUT2D eigenvalue weighted by Crippen LogP contribution is 2.39. The lowest BCUT2D eigenvalue weighted by Crippen LogP contribution is -2.33. The number of thiophene rings is 1. The molecule has 5 nitrogen and oxygen atoms in total. The first-order chi connectivity index (χ1) is 13.5. The van der Waals surface area contributed by atoms with E-state index in [4.69, 9.17) is 10.5 Å². The average Bonchev–Trinajstić information content (AvgIpc) is 3.32. The van der Waals surface area contributed by atoms with Gasteiger partial charge in [-0.3, -0.25) is 9.59 Å². The number of amides is 2. The van der Waals surface area contributed by atoms with Gasteiger partial charge in [-0.25, -0.2) is 4.39 Å². The second-order valence-corrected chi connectivity index (χ2v) is 7.83. The number of fused-ring (bicyclic) bond motifs is 1. The van der Waals surface area contributed by atoms with Gasteiger partial charge in [-0.1, -0.05) is 18.2 Å². The first-order valence-corrected chi connectivity index (χ1v) is 9.82. The highest BCUT2D eigenvalue weighted by molar-refractivity contribution is 7.21. The first-order valence-electron chi connectivity index (χ1n) is 9.00. The van der Waals surface area contributed by atoms with Crippen LogP contribution in [0.25, 0.3) is 10.1 Å². The molecule has 1 aliphatic rings. The van der Waals surface area contributed by atoms with E-state index in [9.17, 15) is 14.0 Å². The summed E-state index contributed by atoms with van der Waals surface area (Å²) >= 11 is 1.40. The van der Waals surface area contributed by atoms with Gasteiger partial charge >= 0.3 is 0 Å². The van der Waals surface area contributed by atoms with Crippen LogP contribution in [0.15, 0.2) is 48.5 Å². The highest BCUT2D eigenvalue weighted by Gasteiger charge is 2.32. The van der Waals surface area contributed by atoms with Crippen molar-refractivity contribution in [3.63, 3.8) is 0 Å². The van der Waals surface area contributed by atoms with Crippen LogP contribution in [0.4, 0.5) is 4.39 Å². The molecule has 4 rings (SSSR count). The van der Waals surface area contributed by atoms with E-state index in [0.29, 0.717) is 23.7 Å². The number of hydrogen-bond acceptors (Lipinski definition) is 4. The molecule has 2 amide bonds. The zero-order chi connectivity index (χ0) is 19.7. The molecule has 1 fully saturated rings. The molecular formula is C21H19FN2O3S. The van der Waals surface area contributed by atoms with Gasteiger partial charge in [0.1, 0.15) is 11.6 Å². The van der Waals surface area contributed by atoms with Crippen LogP contribution in [-0.4, -0.2) is 36.4 Å². The number of likely N-dealkylation sites (tertiary alicyclic amines) is 1. The number of nitrogens with zero attached hydrogens (tertiary/aromatic N) is 1. The Kier molecular flexibility index (Phi) is 5.00. The van der Waals surface area contributed by atoms with Crippen molar-refractivity contribution >= 4 is 33.2 Å². The third kappa shape index (κ3) is 3.57. The summed E-state index contributed by atoms with van der Waals surface area (Å²) in [4.78, 5) is 26.8. The van der Waals surface area contributed by atoms with Crippen molar-refractivity contribution in [2.75, 3.05) is 19.7 Å². The predicted molar refractivity (Wildman–Crippen MR) is 106 cm³/mol. The van der Waals surface area contributed by atoms with Crippen LogP contribution < -0.4 is 10.5 Å². The molecule has 2 N–H and O–H groups in total. The van der Waals surface area contributed by atoms with E-state index in [-0.39, 0.29) is 24.2 Å². The largest absolute Gasteiger partial charge is 0.484 e. The molecule has 1 aliphatic heterocycles. The monoisotopic (exact) mass is 398 g/mol. The van der Waals surface area contributed by atoms with Gasteiger partial charge in [0, 0.05) is 23.7 Å². The molecule has 1 saturated heterocycles. The summed E-state index contributed by atoms with van der Waals surface area (Å²) in [5.74, 6) is -0.402. The van der Waals surface area contributed by atoms with Gasteiger partial charge in [0.05, 0.1) is 4.88 Å². The second kappa shape index (κ2) is 7.59. The van der Waals surface area contributed by atoms with Crippen molar-refractivity contribution in [2.45, 2.75) is 12.3 Å². The molecule has 1 aromatic heterocycles. The summed E-state index contributed by atoms with van der Waals surface area (Å²) < 4.78 is 19.4. The van der Waals surface area contributed by atoms with Crippen LogP contribution in [-0.2, 0) is 4.79 Å². The molecule has 144 valence electrons. The van der Waals surface area contributed by atoms with E-state index >= 15 is 0 Å². The predicted octanol–water partition coefficient (Wildman–Crippen LogP) is 3.53. The summed E-state index contributed by atoms with van der Waals surface area (Å²) in [6.07, 6.45) is 0.767. The Balaban J connectivity index is 1.47. The Morgan fingerprint density at radius 3 is 2.68 bits per heavy atom. The van der Waals surface area contributed by atoms with E-state index in [1.165, 1.54) is 35.6 Å². The maximum Gasteiger partial charge on any atom is 0.260 e. The number of ether oxygens (including phenoxy) is 1. The zero-order valence-electron chi connectivity index (χ0n) is 15.1. The zero-order valence-corrected chi connectivity index (χ0v) is 15.9. The molecule has 0 bridgehead atoms. The molecule has 3 aromatic rings. The highest BCUT2D eigenvalue weighted by atomic mass is 32.1. The summed E-state index contributed by atoms with van der Waals surface area (Å²) in [6, 6.07) is 13.4. The van der Waals surface area contributed by atoms with Gasteiger partial charge < -0.3 is 15.4 Å². The van der Waals surface area contributed by atoms with Gasteiger partial charge in [0.2, 0.25) is 0 Å². The third-order valence-corrected chi connectivity index (χ3v) is 6.18. The summed E-state index contributed by atoms with van der Waals surface area (Å²) in [5, 5.41) is 1.03. The molecule has 0 spiro atoms. The van der Waals surface area contributed by atoms with Crippen molar-refractivity contribution in [2.24, 2.45) is 5.73 Å². The fourth-order valence-corrected chi connectivity index (χ4v) is 4.78. The summed E-state index contributed by atoms with van der Waals surface area (Å²) in [6.45, 7) is 1.01. The van der Waals surface area contributed by atoms with Gasteiger partial charge in [0.25, 0.3) is 11.8 Å². The maximum absolute atomic E-state index is 12.9. The van der Waals surface area contributed by atoms with Gasteiger partial charge in [-0.05, 0) is 47.7 Å². The number of rotatable bonds is 5. The number of nitrogens with two attached hydrogens (primary N) is 1. The van der Waals surface area contributed by atoms with Crippen LogP contribution in [0.1, 0.15) is 27.6 Å². The number of halogens is 1. The van der Waals surface area contributed by atoms with E-state index in [1.54, 1.807) is 4.90 Å². The average molecular weight is 398 g/mol. The topological polar surface area (TPSA) is 72.6 Å². The van der Waals surface area contributed by atoms with Crippen molar-refractivity contribution in [1.29, 1.82) is 0 Å². The number of carbonyl (C=O) groups is 2. The van der Waals surface area contributed by atoms with Crippen LogP contribution in [0.3, 0.4) is 0 Å². The van der Waals surface area contributed by atoms with Crippen LogP contribution in [0, 0.1) is 5.82 Å². The van der Waals surface area contributed by atoms with Crippen molar-refractivity contribution < 1.29 is 18.7 Å². The quantitative estimate of drug-likeness (QED) is 0.715. The molecular weight excluding hydrogens is 379 g/mol. The molecule has 7 heteroatoms. The van der Waals surface area contributed by atoms with Crippen molar-refractivity contribution in [3.8, 4) is 5.75 Å². The molecule has 0 saturated carbocycles. The summed E-state index contributed by atoms with van der Waals surface area (Å²) in [7, 11) is 0. The lowest BCUT2D eigenvalue weighted by molar-refractivity contribution is -0.132. The normalized spacial score (nSPS) is 16.5. The fraction of sp³-hybridized carbons (Fsp3) is 0.238. The lowest BCUT2D eigenvalue weighted by atomic mass is 9.95. The Bertz CT molecular complexity index is 1030. The smallest absolute Gasteiger partial charge is 0.260 e. The number of carbonyl (C=O) groups excluding carboxylic acids is 2. The number of hydrogen-bond donors (Lipinski definition) is 1. The van der Waals surface area contributed by atoms with Gasteiger partial charge in [-0.15, -0.1) is 11.3 Å². The Hall–Kier alpha value is -2.93. The third-order valence-electron chi connectivity index (χ3n) is 4.98. The van der Waals surface area contributed by atoms with Crippen LogP contribution in [0.5, 0.6) is 5.75 Å². The number of benzene rings is 2. The van der Waals surface area contributed by atoms with E-state index < -0.39 is 5.91 Å². The lowest BCUT2D eigenvalue weighted by Gasteiger charge is -2.17. The van der Waals surface area contributed by atoms with Crippen LogP contribution in [0.2, 0.25) is 0 Å². The van der Waals surface area contributed by atoms with E-state index in [1.807, 2.05) is 24.3 Å². The minimum atomic E-state index is -0.430. The molecule has 0 aliphatic carbocycles. The van der Waals surface area contributed by atoms with E-state index in [2.05, 4.69) is 0 Å². The van der Waals surface area contributed by atoms with Crippen molar-refractivity contribution in [3.05, 3.63) is 64.8 Å². The Morgan fingerprint density at radius 2 is 1.93 bits per heavy atom. The molecule has 1 atom stereocenters.